The maximum atomic E-state index is 5.93. The zero-order chi connectivity index (χ0) is 18.4. The molecule has 6 nitrogen and oxygen atoms in total. The molecule has 0 amide bonds. The molecule has 1 fully saturated rings. The Morgan fingerprint density at radius 1 is 1.27 bits per heavy atom. The molecule has 2 heterocycles. The quantitative estimate of drug-likeness (QED) is 0.778. The van der Waals surface area contributed by atoms with Crippen LogP contribution >= 0.6 is 0 Å². The lowest BCUT2D eigenvalue weighted by atomic mass is 10.0. The first-order chi connectivity index (χ1) is 12.7. The number of rotatable bonds is 8. The Balaban J connectivity index is 1.55. The van der Waals surface area contributed by atoms with Crippen molar-refractivity contribution >= 4 is 0 Å². The second-order valence-electron chi connectivity index (χ2n) is 6.79. The molecule has 2 aromatic rings. The zero-order valence-corrected chi connectivity index (χ0v) is 15.8. The molecule has 1 aromatic carbocycles. The molecule has 1 atom stereocenters. The van der Waals surface area contributed by atoms with Crippen molar-refractivity contribution < 1.29 is 18.7 Å². The second-order valence-corrected chi connectivity index (χ2v) is 6.79. The molecule has 26 heavy (non-hydrogen) atoms. The highest BCUT2D eigenvalue weighted by atomic mass is 16.5. The van der Waals surface area contributed by atoms with E-state index in [2.05, 4.69) is 16.5 Å². The molecule has 0 saturated carbocycles. The van der Waals surface area contributed by atoms with Crippen LogP contribution in [0.25, 0.3) is 0 Å². The Hall–Kier alpha value is -2.05. The Labute approximate surface area is 154 Å². The van der Waals surface area contributed by atoms with E-state index in [1.54, 1.807) is 7.11 Å². The molecule has 142 valence electrons. The first kappa shape index (κ1) is 18.7. The highest BCUT2D eigenvalue weighted by molar-refractivity contribution is 5.43. The minimum Gasteiger partial charge on any atom is -0.493 e. The number of nitrogens with one attached hydrogen (secondary N) is 1. The number of hydrogen-bond donors (Lipinski definition) is 1. The first-order valence-electron chi connectivity index (χ1n) is 9.17. The zero-order valence-electron chi connectivity index (χ0n) is 15.8. The van der Waals surface area contributed by atoms with Crippen molar-refractivity contribution in [2.75, 3.05) is 26.9 Å². The van der Waals surface area contributed by atoms with Crippen LogP contribution in [0.2, 0.25) is 0 Å². The molecule has 1 aromatic heterocycles. The highest BCUT2D eigenvalue weighted by Crippen LogP contribution is 2.29. The third kappa shape index (κ3) is 4.77. The average molecular weight is 360 g/mol. The summed E-state index contributed by atoms with van der Waals surface area (Å²) in [7, 11) is 1.66. The fraction of sp³-hybridized carbons (Fsp3) is 0.550. The molecule has 1 aliphatic heterocycles. The third-order valence-electron chi connectivity index (χ3n) is 4.80. The lowest BCUT2D eigenvalue weighted by molar-refractivity contribution is 0.0547. The number of aromatic nitrogens is 1. The van der Waals surface area contributed by atoms with E-state index in [1.807, 2.05) is 26.0 Å². The van der Waals surface area contributed by atoms with E-state index < -0.39 is 0 Å². The van der Waals surface area contributed by atoms with Gasteiger partial charge in [-0.15, -0.1) is 0 Å². The van der Waals surface area contributed by atoms with Crippen molar-refractivity contribution in [3.05, 3.63) is 40.8 Å². The molecular weight excluding hydrogens is 332 g/mol. The Morgan fingerprint density at radius 2 is 2.15 bits per heavy atom. The van der Waals surface area contributed by atoms with Crippen LogP contribution in [0.1, 0.15) is 35.4 Å². The summed E-state index contributed by atoms with van der Waals surface area (Å²) in [4.78, 5) is 0. The number of ether oxygens (including phenoxy) is 3. The van der Waals surface area contributed by atoms with Gasteiger partial charge in [-0.2, -0.15) is 0 Å². The molecule has 1 aliphatic rings. The monoisotopic (exact) mass is 360 g/mol. The minimum atomic E-state index is 0.413. The number of hydrogen-bond acceptors (Lipinski definition) is 6. The SMILES string of the molecule is COc1cc(CNCC2CCCOC2)ccc1OCc1c(C)noc1C. The topological polar surface area (TPSA) is 65.8 Å². The summed E-state index contributed by atoms with van der Waals surface area (Å²) in [6.07, 6.45) is 2.40. The van der Waals surface area contributed by atoms with Crippen LogP contribution in [0, 0.1) is 19.8 Å². The van der Waals surface area contributed by atoms with Crippen molar-refractivity contribution in [3.8, 4) is 11.5 Å². The minimum absolute atomic E-state index is 0.413. The van der Waals surface area contributed by atoms with Crippen molar-refractivity contribution in [1.29, 1.82) is 0 Å². The van der Waals surface area contributed by atoms with Gasteiger partial charge in [-0.3, -0.25) is 0 Å². The third-order valence-corrected chi connectivity index (χ3v) is 4.80. The standard InChI is InChI=1S/C20H28N2O4/c1-14-18(15(2)26-22-14)13-25-19-7-6-16(9-20(19)23-3)10-21-11-17-5-4-8-24-12-17/h6-7,9,17,21H,4-5,8,10-13H2,1-3H3. The predicted octanol–water partition coefficient (Wildman–Crippen LogP) is 3.40. The fourth-order valence-corrected chi connectivity index (χ4v) is 3.19. The van der Waals surface area contributed by atoms with Gasteiger partial charge in [-0.1, -0.05) is 11.2 Å². The summed E-state index contributed by atoms with van der Waals surface area (Å²) in [5.41, 5.74) is 3.00. The van der Waals surface area contributed by atoms with Crippen LogP contribution in [0.5, 0.6) is 11.5 Å². The van der Waals surface area contributed by atoms with E-state index >= 15 is 0 Å². The van der Waals surface area contributed by atoms with Crippen LogP contribution in [-0.4, -0.2) is 32.0 Å². The maximum Gasteiger partial charge on any atom is 0.161 e. The molecule has 0 spiro atoms. The van der Waals surface area contributed by atoms with E-state index in [9.17, 15) is 0 Å². The number of methoxy groups -OCH3 is 1. The van der Waals surface area contributed by atoms with E-state index in [1.165, 1.54) is 12.0 Å². The summed E-state index contributed by atoms with van der Waals surface area (Å²) in [6, 6.07) is 6.04. The second kappa shape index (κ2) is 9.05. The lowest BCUT2D eigenvalue weighted by Crippen LogP contribution is -2.28. The van der Waals surface area contributed by atoms with Crippen molar-refractivity contribution in [3.63, 3.8) is 0 Å². The van der Waals surface area contributed by atoms with Gasteiger partial charge in [0.15, 0.2) is 11.5 Å². The summed E-state index contributed by atoms with van der Waals surface area (Å²) in [5, 5.41) is 7.47. The van der Waals surface area contributed by atoms with Crippen molar-refractivity contribution in [2.45, 2.75) is 39.8 Å². The van der Waals surface area contributed by atoms with Crippen LogP contribution in [0.3, 0.4) is 0 Å². The van der Waals surface area contributed by atoms with Gasteiger partial charge in [-0.25, -0.2) is 0 Å². The molecule has 0 aliphatic carbocycles. The van der Waals surface area contributed by atoms with E-state index in [4.69, 9.17) is 18.7 Å². The predicted molar refractivity (Wildman–Crippen MR) is 98.6 cm³/mol. The Bertz CT molecular complexity index is 688. The van der Waals surface area contributed by atoms with Gasteiger partial charge in [-0.05, 0) is 50.3 Å². The number of aryl methyl sites for hydroxylation is 2. The first-order valence-corrected chi connectivity index (χ1v) is 9.17. The molecule has 1 N–H and O–H groups in total. The van der Waals surface area contributed by atoms with Crippen LogP contribution in [-0.2, 0) is 17.9 Å². The molecule has 1 saturated heterocycles. The summed E-state index contributed by atoms with van der Waals surface area (Å²) in [6.45, 7) is 7.77. The lowest BCUT2D eigenvalue weighted by Gasteiger charge is -2.22. The molecule has 3 rings (SSSR count). The van der Waals surface area contributed by atoms with Gasteiger partial charge >= 0.3 is 0 Å². The molecule has 0 bridgehead atoms. The van der Waals surface area contributed by atoms with Crippen molar-refractivity contribution in [2.24, 2.45) is 5.92 Å². The number of nitrogens with zero attached hydrogens (tertiary/aromatic N) is 1. The highest BCUT2D eigenvalue weighted by Gasteiger charge is 2.14. The van der Waals surface area contributed by atoms with Gasteiger partial charge < -0.3 is 24.1 Å². The van der Waals surface area contributed by atoms with Crippen molar-refractivity contribution in [1.82, 2.24) is 10.5 Å². The molecule has 1 unspecified atom stereocenters. The van der Waals surface area contributed by atoms with Gasteiger partial charge in [0.1, 0.15) is 12.4 Å². The summed E-state index contributed by atoms with van der Waals surface area (Å²) >= 11 is 0. The smallest absolute Gasteiger partial charge is 0.161 e. The van der Waals surface area contributed by atoms with E-state index in [-0.39, 0.29) is 0 Å². The molecule has 6 heteroatoms. The Morgan fingerprint density at radius 3 is 2.85 bits per heavy atom. The summed E-state index contributed by atoms with van der Waals surface area (Å²) < 4.78 is 22.1. The van der Waals surface area contributed by atoms with E-state index in [0.29, 0.717) is 12.5 Å². The van der Waals surface area contributed by atoms with Crippen LogP contribution in [0.15, 0.2) is 22.7 Å². The Kier molecular flexibility index (Phi) is 6.52. The number of benzene rings is 1. The van der Waals surface area contributed by atoms with Gasteiger partial charge in [0.05, 0.1) is 25.0 Å². The van der Waals surface area contributed by atoms with Gasteiger partial charge in [0, 0.05) is 19.7 Å². The fourth-order valence-electron chi connectivity index (χ4n) is 3.19. The van der Waals surface area contributed by atoms with E-state index in [0.717, 1.165) is 61.2 Å². The normalized spacial score (nSPS) is 17.3. The van der Waals surface area contributed by atoms with Gasteiger partial charge in [0.25, 0.3) is 0 Å². The maximum absolute atomic E-state index is 5.93. The molecular formula is C20H28N2O4. The average Bonchev–Trinajstić information content (AvgIpc) is 2.99. The van der Waals surface area contributed by atoms with Gasteiger partial charge in [0.2, 0.25) is 0 Å². The summed E-state index contributed by atoms with van der Waals surface area (Å²) in [5.74, 6) is 2.85. The van der Waals surface area contributed by atoms with Crippen LogP contribution < -0.4 is 14.8 Å². The largest absolute Gasteiger partial charge is 0.493 e. The van der Waals surface area contributed by atoms with Crippen LogP contribution in [0.4, 0.5) is 0 Å². The molecule has 0 radical (unpaired) electrons.